The molecule has 1 amide bonds. The normalized spacial score (nSPS) is 32.7. The lowest BCUT2D eigenvalue weighted by Crippen LogP contribution is -2.39. The molecular weight excluding hydrogens is 392 g/mol. The molecule has 5 heterocycles. The number of aromatic nitrogens is 2. The van der Waals surface area contributed by atoms with E-state index in [-0.39, 0.29) is 18.3 Å². The van der Waals surface area contributed by atoms with Gasteiger partial charge in [-0.3, -0.25) is 9.78 Å². The van der Waals surface area contributed by atoms with Crippen molar-refractivity contribution in [2.75, 3.05) is 13.1 Å². The van der Waals surface area contributed by atoms with E-state index in [1.54, 1.807) is 11.3 Å². The highest BCUT2D eigenvalue weighted by molar-refractivity contribution is 7.15. The van der Waals surface area contributed by atoms with E-state index in [4.69, 9.17) is 4.98 Å². The Kier molecular flexibility index (Phi) is 4.68. The van der Waals surface area contributed by atoms with Crippen LogP contribution in [0.2, 0.25) is 0 Å². The summed E-state index contributed by atoms with van der Waals surface area (Å²) >= 11 is 1.78. The molecule has 0 radical (unpaired) electrons. The number of nitrogens with zero attached hydrogens (tertiary/aromatic N) is 3. The van der Waals surface area contributed by atoms with Crippen LogP contribution in [0.1, 0.15) is 29.8 Å². The molecule has 1 aliphatic carbocycles. The van der Waals surface area contributed by atoms with Crippen LogP contribution in [0.4, 0.5) is 0 Å². The standard InChI is InChI=1S/C21H24N4OS.ClH/c26-21(25-10-14-15(11-25)17-3-2-16(14)23-17)13-1-4-19-18(9-13)24-20(27-19)12-5-7-22-8-6-12;/h5-8,13-17,23H,1-4,9-11H2;1H/t13?,14-,15+,16-,17+;. The maximum atomic E-state index is 13.2. The number of rotatable bonds is 2. The van der Waals surface area contributed by atoms with Crippen LogP contribution in [0.15, 0.2) is 24.5 Å². The minimum absolute atomic E-state index is 0. The smallest absolute Gasteiger partial charge is 0.226 e. The molecule has 2 aromatic rings. The van der Waals surface area contributed by atoms with E-state index in [0.717, 1.165) is 48.6 Å². The largest absolute Gasteiger partial charge is 0.342 e. The van der Waals surface area contributed by atoms with Crippen LogP contribution < -0.4 is 5.32 Å². The third-order valence-corrected chi connectivity index (χ3v) is 8.40. The van der Waals surface area contributed by atoms with Crippen molar-refractivity contribution in [1.82, 2.24) is 20.2 Å². The molecule has 6 rings (SSSR count). The van der Waals surface area contributed by atoms with Gasteiger partial charge in [0.1, 0.15) is 5.01 Å². The maximum Gasteiger partial charge on any atom is 0.226 e. The number of fused-ring (bicyclic) bond motifs is 6. The van der Waals surface area contributed by atoms with Crippen molar-refractivity contribution in [3.63, 3.8) is 0 Å². The number of amides is 1. The van der Waals surface area contributed by atoms with Gasteiger partial charge in [-0.15, -0.1) is 23.7 Å². The van der Waals surface area contributed by atoms with Crippen molar-refractivity contribution in [2.45, 2.75) is 44.2 Å². The van der Waals surface area contributed by atoms with E-state index in [1.165, 1.54) is 17.7 Å². The summed E-state index contributed by atoms with van der Waals surface area (Å²) in [5.74, 6) is 1.90. The predicted octanol–water partition coefficient (Wildman–Crippen LogP) is 2.94. The second-order valence-corrected chi connectivity index (χ2v) is 9.68. The third kappa shape index (κ3) is 2.88. The molecule has 2 aromatic heterocycles. The number of hydrogen-bond donors (Lipinski definition) is 1. The number of thiazole rings is 1. The molecule has 7 heteroatoms. The van der Waals surface area contributed by atoms with Gasteiger partial charge < -0.3 is 10.2 Å². The van der Waals surface area contributed by atoms with Crippen molar-refractivity contribution in [3.05, 3.63) is 35.1 Å². The zero-order valence-electron chi connectivity index (χ0n) is 15.7. The fraction of sp³-hybridized carbons (Fsp3) is 0.571. The molecule has 3 aliphatic heterocycles. The fourth-order valence-corrected chi connectivity index (χ4v) is 6.94. The minimum atomic E-state index is 0. The van der Waals surface area contributed by atoms with E-state index < -0.39 is 0 Å². The average Bonchev–Trinajstić information content (AvgIpc) is 3.48. The highest BCUT2D eigenvalue weighted by Crippen LogP contribution is 2.44. The van der Waals surface area contributed by atoms with Gasteiger partial charge in [-0.1, -0.05) is 0 Å². The molecule has 5 atom stereocenters. The molecular formula is C21H25ClN4OS. The third-order valence-electron chi connectivity index (χ3n) is 7.19. The number of carbonyl (C=O) groups excluding carboxylic acids is 1. The lowest BCUT2D eigenvalue weighted by atomic mass is 9.82. The Labute approximate surface area is 175 Å². The molecule has 3 saturated heterocycles. The van der Waals surface area contributed by atoms with E-state index in [2.05, 4.69) is 15.2 Å². The Morgan fingerprint density at radius 2 is 1.82 bits per heavy atom. The number of hydrogen-bond acceptors (Lipinski definition) is 5. The summed E-state index contributed by atoms with van der Waals surface area (Å²) < 4.78 is 0. The Bertz CT molecular complexity index is 870. The van der Waals surface area contributed by atoms with Crippen LogP contribution in [0.3, 0.4) is 0 Å². The summed E-state index contributed by atoms with van der Waals surface area (Å²) in [5.41, 5.74) is 2.28. The predicted molar refractivity (Wildman–Crippen MR) is 112 cm³/mol. The first-order valence-electron chi connectivity index (χ1n) is 10.2. The molecule has 0 spiro atoms. The Hall–Kier alpha value is -1.50. The maximum absolute atomic E-state index is 13.2. The van der Waals surface area contributed by atoms with Crippen molar-refractivity contribution < 1.29 is 4.79 Å². The summed E-state index contributed by atoms with van der Waals surface area (Å²) in [5, 5.41) is 4.81. The quantitative estimate of drug-likeness (QED) is 0.817. The van der Waals surface area contributed by atoms with Gasteiger partial charge in [-0.2, -0.15) is 0 Å². The first-order chi connectivity index (χ1) is 13.3. The van der Waals surface area contributed by atoms with Gasteiger partial charge in [-0.05, 0) is 49.7 Å². The van der Waals surface area contributed by atoms with Crippen molar-refractivity contribution in [3.8, 4) is 10.6 Å². The van der Waals surface area contributed by atoms with Crippen LogP contribution in [-0.2, 0) is 17.6 Å². The van der Waals surface area contributed by atoms with Crippen molar-refractivity contribution >= 4 is 29.7 Å². The highest BCUT2D eigenvalue weighted by atomic mass is 35.5. The molecule has 3 fully saturated rings. The molecule has 5 nitrogen and oxygen atoms in total. The number of nitrogens with one attached hydrogen (secondary N) is 1. The number of carbonyl (C=O) groups is 1. The van der Waals surface area contributed by atoms with Crippen LogP contribution in [0, 0.1) is 17.8 Å². The SMILES string of the molecule is Cl.O=C(C1CCc2sc(-c3ccncc3)nc2C1)N1C[C@@H]2[C@H](C1)[C@@H]1CC[C@H]2N1. The van der Waals surface area contributed by atoms with Crippen LogP contribution in [0.5, 0.6) is 0 Å². The monoisotopic (exact) mass is 416 g/mol. The summed E-state index contributed by atoms with van der Waals surface area (Å²) in [6.45, 7) is 1.95. The Morgan fingerprint density at radius 3 is 2.54 bits per heavy atom. The minimum Gasteiger partial charge on any atom is -0.342 e. The number of likely N-dealkylation sites (tertiary alicyclic amines) is 1. The Morgan fingerprint density at radius 1 is 1.11 bits per heavy atom. The van der Waals surface area contributed by atoms with Gasteiger partial charge in [-0.25, -0.2) is 4.98 Å². The first kappa shape index (κ1) is 18.5. The zero-order valence-corrected chi connectivity index (χ0v) is 17.3. The van der Waals surface area contributed by atoms with Crippen LogP contribution in [0.25, 0.3) is 10.6 Å². The first-order valence-corrected chi connectivity index (χ1v) is 11.0. The topological polar surface area (TPSA) is 58.1 Å². The van der Waals surface area contributed by atoms with Gasteiger partial charge >= 0.3 is 0 Å². The second kappa shape index (κ2) is 7.08. The van der Waals surface area contributed by atoms with Gasteiger partial charge in [0.15, 0.2) is 0 Å². The fourth-order valence-electron chi connectivity index (χ4n) is 5.83. The zero-order chi connectivity index (χ0) is 18.0. The molecule has 0 saturated carbocycles. The summed E-state index contributed by atoms with van der Waals surface area (Å²) in [6, 6.07) is 5.35. The molecule has 148 valence electrons. The van der Waals surface area contributed by atoms with Gasteiger partial charge in [0.25, 0.3) is 0 Å². The average molecular weight is 417 g/mol. The molecule has 0 aromatic carbocycles. The van der Waals surface area contributed by atoms with Crippen LogP contribution >= 0.6 is 23.7 Å². The lowest BCUT2D eigenvalue weighted by Gasteiger charge is -2.27. The Balaban J connectivity index is 0.00000171. The summed E-state index contributed by atoms with van der Waals surface area (Å²) in [7, 11) is 0. The van der Waals surface area contributed by atoms with Gasteiger partial charge in [0, 0.05) is 60.3 Å². The van der Waals surface area contributed by atoms with E-state index in [9.17, 15) is 4.79 Å². The van der Waals surface area contributed by atoms with Crippen molar-refractivity contribution in [2.24, 2.45) is 17.8 Å². The van der Waals surface area contributed by atoms with Gasteiger partial charge in [0.05, 0.1) is 5.69 Å². The highest BCUT2D eigenvalue weighted by Gasteiger charge is 2.52. The molecule has 1 N–H and O–H groups in total. The molecule has 28 heavy (non-hydrogen) atoms. The number of halogens is 1. The molecule has 1 unspecified atom stereocenters. The van der Waals surface area contributed by atoms with E-state index in [0.29, 0.717) is 29.8 Å². The van der Waals surface area contributed by atoms with E-state index in [1.807, 2.05) is 24.5 Å². The molecule has 4 aliphatic rings. The second-order valence-electron chi connectivity index (χ2n) is 8.59. The number of pyridine rings is 1. The summed E-state index contributed by atoms with van der Waals surface area (Å²) in [6.07, 6.45) is 9.01. The van der Waals surface area contributed by atoms with Crippen molar-refractivity contribution in [1.29, 1.82) is 0 Å². The summed E-state index contributed by atoms with van der Waals surface area (Å²) in [4.78, 5) is 25.8. The van der Waals surface area contributed by atoms with Gasteiger partial charge in [0.2, 0.25) is 5.91 Å². The number of aryl methyl sites for hydroxylation is 1. The van der Waals surface area contributed by atoms with Crippen LogP contribution in [-0.4, -0.2) is 45.9 Å². The van der Waals surface area contributed by atoms with E-state index >= 15 is 0 Å². The molecule has 2 bridgehead atoms. The lowest BCUT2D eigenvalue weighted by molar-refractivity contribution is -0.135.